The van der Waals surface area contributed by atoms with Gasteiger partial charge < -0.3 is 10.4 Å². The highest BCUT2D eigenvalue weighted by Crippen LogP contribution is 2.71. The SMILES string of the molecule is CCCCCCCCCCCC(=O)C(N)(O)C1C[C@H]2[C@@H](CC[C@H]3C(C)(C4=CC=CC=CN4)C(=O)CC[C@]23C)[C@@H]2CCC[C@@]12C. The van der Waals surface area contributed by atoms with Gasteiger partial charge in [-0.2, -0.15) is 0 Å². The Morgan fingerprint density at radius 3 is 2.36 bits per heavy atom. The lowest BCUT2D eigenvalue weighted by Gasteiger charge is -2.65. The Balaban J connectivity index is 1.33. The molecule has 44 heavy (non-hydrogen) atoms. The maximum absolute atomic E-state index is 13.8. The molecule has 5 rings (SSSR count). The quantitative estimate of drug-likeness (QED) is 0.144. The van der Waals surface area contributed by atoms with Crippen LogP contribution in [-0.2, 0) is 9.59 Å². The summed E-state index contributed by atoms with van der Waals surface area (Å²) >= 11 is 0. The number of Topliss-reactive ketones (excluding diaryl/α,β-unsaturated/α-hetero) is 2. The number of fused-ring (bicyclic) bond motifs is 5. The Kier molecular flexibility index (Phi) is 10.4. The van der Waals surface area contributed by atoms with Gasteiger partial charge in [-0.25, -0.2) is 0 Å². The molecule has 4 N–H and O–H groups in total. The highest BCUT2D eigenvalue weighted by atomic mass is 16.3. The van der Waals surface area contributed by atoms with Crippen molar-refractivity contribution < 1.29 is 14.7 Å². The second-order valence-electron chi connectivity index (χ2n) is 16.1. The van der Waals surface area contributed by atoms with E-state index in [-0.39, 0.29) is 28.4 Å². The first-order valence-corrected chi connectivity index (χ1v) is 18.4. The van der Waals surface area contributed by atoms with Crippen LogP contribution in [0.4, 0.5) is 0 Å². The number of ketones is 2. The van der Waals surface area contributed by atoms with Gasteiger partial charge in [0.05, 0.1) is 5.41 Å². The van der Waals surface area contributed by atoms with Gasteiger partial charge in [-0.1, -0.05) is 90.7 Å². The Morgan fingerprint density at radius 2 is 1.64 bits per heavy atom. The van der Waals surface area contributed by atoms with Gasteiger partial charge in [-0.05, 0) is 98.5 Å². The van der Waals surface area contributed by atoms with E-state index in [9.17, 15) is 14.7 Å². The highest BCUT2D eigenvalue weighted by molar-refractivity contribution is 5.89. The van der Waals surface area contributed by atoms with E-state index in [0.29, 0.717) is 36.4 Å². The first kappa shape index (κ1) is 33.6. The van der Waals surface area contributed by atoms with Crippen molar-refractivity contribution in [1.82, 2.24) is 5.32 Å². The monoisotopic (exact) mass is 606 g/mol. The third-order valence-corrected chi connectivity index (χ3v) is 13.9. The van der Waals surface area contributed by atoms with Crippen molar-refractivity contribution in [3.05, 3.63) is 36.2 Å². The number of hydrogen-bond acceptors (Lipinski definition) is 5. The zero-order chi connectivity index (χ0) is 31.6. The molecule has 4 fully saturated rings. The van der Waals surface area contributed by atoms with Crippen molar-refractivity contribution in [2.24, 2.45) is 51.6 Å². The van der Waals surface area contributed by atoms with Crippen molar-refractivity contribution >= 4 is 11.6 Å². The van der Waals surface area contributed by atoms with E-state index in [1.54, 1.807) is 0 Å². The maximum Gasteiger partial charge on any atom is 0.179 e. The Bertz CT molecular complexity index is 1140. The smallest absolute Gasteiger partial charge is 0.179 e. The maximum atomic E-state index is 13.8. The number of rotatable bonds is 13. The molecule has 5 nitrogen and oxygen atoms in total. The third kappa shape index (κ3) is 5.94. The molecular formula is C39H62N2O3. The lowest BCUT2D eigenvalue weighted by molar-refractivity contribution is -0.194. The zero-order valence-corrected chi connectivity index (χ0v) is 28.3. The minimum absolute atomic E-state index is 0.0493. The minimum atomic E-state index is -1.79. The summed E-state index contributed by atoms with van der Waals surface area (Å²) in [5.41, 5.74) is 5.32. The van der Waals surface area contributed by atoms with Crippen LogP contribution in [0, 0.1) is 45.8 Å². The topological polar surface area (TPSA) is 92.4 Å². The van der Waals surface area contributed by atoms with Crippen LogP contribution in [0.25, 0.3) is 0 Å². The summed E-state index contributed by atoms with van der Waals surface area (Å²) < 4.78 is 0. The van der Waals surface area contributed by atoms with E-state index in [1.165, 1.54) is 38.5 Å². The largest absolute Gasteiger partial charge is 0.369 e. The predicted molar refractivity (Wildman–Crippen MR) is 179 cm³/mol. The number of aliphatic hydroxyl groups is 1. The van der Waals surface area contributed by atoms with Gasteiger partial charge >= 0.3 is 0 Å². The molecule has 0 amide bonds. The van der Waals surface area contributed by atoms with E-state index < -0.39 is 11.1 Å². The molecule has 0 radical (unpaired) electrons. The molecule has 1 aliphatic heterocycles. The van der Waals surface area contributed by atoms with Gasteiger partial charge in [0.25, 0.3) is 0 Å². The molecule has 5 heteroatoms. The van der Waals surface area contributed by atoms with Gasteiger partial charge in [-0.3, -0.25) is 15.3 Å². The Labute approximate surface area is 268 Å². The van der Waals surface area contributed by atoms with Crippen LogP contribution in [0.5, 0.6) is 0 Å². The van der Waals surface area contributed by atoms with Crippen molar-refractivity contribution in [3.8, 4) is 0 Å². The summed E-state index contributed by atoms with van der Waals surface area (Å²) in [5, 5.41) is 15.5. The summed E-state index contributed by atoms with van der Waals surface area (Å²) in [6.07, 6.45) is 29.0. The Hall–Kier alpha value is -1.72. The molecule has 0 aromatic rings. The highest BCUT2D eigenvalue weighted by Gasteiger charge is 2.67. The van der Waals surface area contributed by atoms with E-state index in [0.717, 1.165) is 69.9 Å². The average molecular weight is 607 g/mol. The van der Waals surface area contributed by atoms with Crippen LogP contribution in [0.3, 0.4) is 0 Å². The first-order chi connectivity index (χ1) is 21.0. The summed E-state index contributed by atoms with van der Waals surface area (Å²) in [6, 6.07) is 0. The number of nitrogens with one attached hydrogen (secondary N) is 1. The standard InChI is InChI=1S/C39H62N2O3/c1-5-6-7-8-9-10-11-12-15-20-35(43)39(40,44)32-27-30-28(29-18-17-24-36(29,32)2)21-22-31-37(30,3)25-23-34(42)38(31,4)33-19-14-13-16-26-41-33/h13-14,16,19,26,28-32,41,44H,5-12,15,17-18,20-25,27,40H2,1-4H3/t28-,29-,30-,31+,32?,36+,37+,38?,39?/m0/s1. The average Bonchev–Trinajstić information content (AvgIpc) is 3.20. The number of carbonyl (C=O) groups is 2. The predicted octanol–water partition coefficient (Wildman–Crippen LogP) is 8.52. The van der Waals surface area contributed by atoms with E-state index in [1.807, 2.05) is 24.4 Å². The summed E-state index contributed by atoms with van der Waals surface area (Å²) in [5.74, 6) is 1.55. The molecule has 4 saturated carbocycles. The van der Waals surface area contributed by atoms with Crippen LogP contribution in [0.1, 0.15) is 143 Å². The number of allylic oxidation sites excluding steroid dienone is 5. The molecule has 0 spiro atoms. The second-order valence-corrected chi connectivity index (χ2v) is 16.1. The molecular weight excluding hydrogens is 544 g/mol. The number of carbonyl (C=O) groups excluding carboxylic acids is 2. The van der Waals surface area contributed by atoms with Gasteiger partial charge in [-0.15, -0.1) is 0 Å². The molecule has 0 saturated heterocycles. The lowest BCUT2D eigenvalue weighted by atomic mass is 9.39. The van der Waals surface area contributed by atoms with Gasteiger partial charge in [0, 0.05) is 30.7 Å². The van der Waals surface area contributed by atoms with Crippen molar-refractivity contribution in [2.75, 3.05) is 0 Å². The molecule has 0 aromatic heterocycles. The van der Waals surface area contributed by atoms with Crippen LogP contribution in [-0.4, -0.2) is 22.4 Å². The lowest BCUT2D eigenvalue weighted by Crippen LogP contribution is -2.66. The van der Waals surface area contributed by atoms with Crippen molar-refractivity contribution in [2.45, 2.75) is 149 Å². The fraction of sp³-hybridized carbons (Fsp3) is 0.795. The molecule has 246 valence electrons. The number of hydrogen-bond donors (Lipinski definition) is 3. The zero-order valence-electron chi connectivity index (χ0n) is 28.3. The summed E-state index contributed by atoms with van der Waals surface area (Å²) in [4.78, 5) is 27.6. The fourth-order valence-electron chi connectivity index (χ4n) is 11.4. The molecule has 3 unspecified atom stereocenters. The van der Waals surface area contributed by atoms with Gasteiger partial charge in [0.2, 0.25) is 0 Å². The molecule has 0 bridgehead atoms. The van der Waals surface area contributed by atoms with Crippen LogP contribution < -0.4 is 11.1 Å². The molecule has 1 heterocycles. The van der Waals surface area contributed by atoms with Crippen LogP contribution in [0.2, 0.25) is 0 Å². The summed E-state index contributed by atoms with van der Waals surface area (Å²) in [7, 11) is 0. The molecule has 4 aliphatic carbocycles. The Morgan fingerprint density at radius 1 is 0.932 bits per heavy atom. The normalized spacial score (nSPS) is 39.4. The first-order valence-electron chi connectivity index (χ1n) is 18.4. The number of nitrogens with two attached hydrogens (primary N) is 1. The fourth-order valence-corrected chi connectivity index (χ4v) is 11.4. The minimum Gasteiger partial charge on any atom is -0.369 e. The number of unbranched alkanes of at least 4 members (excludes halogenated alkanes) is 8. The van der Waals surface area contributed by atoms with E-state index in [2.05, 4.69) is 39.1 Å². The summed E-state index contributed by atoms with van der Waals surface area (Å²) in [6.45, 7) is 9.21. The molecule has 0 aromatic carbocycles. The van der Waals surface area contributed by atoms with Crippen LogP contribution in [0.15, 0.2) is 36.2 Å². The second kappa shape index (κ2) is 13.6. The van der Waals surface area contributed by atoms with Gasteiger partial charge in [0.1, 0.15) is 5.78 Å². The third-order valence-electron chi connectivity index (χ3n) is 13.9. The van der Waals surface area contributed by atoms with E-state index >= 15 is 0 Å². The van der Waals surface area contributed by atoms with Gasteiger partial charge in [0.15, 0.2) is 11.5 Å². The molecule has 9 atom stereocenters. The van der Waals surface area contributed by atoms with Crippen molar-refractivity contribution in [1.29, 1.82) is 0 Å². The molecule has 5 aliphatic rings. The van der Waals surface area contributed by atoms with Crippen LogP contribution >= 0.6 is 0 Å². The van der Waals surface area contributed by atoms with E-state index in [4.69, 9.17) is 5.73 Å². The van der Waals surface area contributed by atoms with Crippen molar-refractivity contribution in [3.63, 3.8) is 0 Å².